The number of non-ortho nitro benzene ring substituents is 1. The largest absolute Gasteiger partial charge is 0.368 e. The molecule has 0 aromatic heterocycles. The molecule has 0 radical (unpaired) electrons. The number of carbonyl (C=O) groups is 3. The number of hydrogen-bond acceptors (Lipinski definition) is 8. The molecule has 0 unspecified atom stereocenters. The van der Waals surface area contributed by atoms with Crippen LogP contribution in [0.15, 0.2) is 66.7 Å². The first-order valence-corrected chi connectivity index (χ1v) is 14.6. The fraction of sp³-hybridized carbons (Fsp3) is 0.312. The molecule has 3 amide bonds. The van der Waals surface area contributed by atoms with Crippen LogP contribution in [-0.2, 0) is 0 Å². The lowest BCUT2D eigenvalue weighted by Gasteiger charge is -2.27. The van der Waals surface area contributed by atoms with Crippen LogP contribution in [0.2, 0.25) is 0 Å². The maximum Gasteiger partial charge on any atom is 0.269 e. The fourth-order valence-electron chi connectivity index (χ4n) is 5.44. The highest BCUT2D eigenvalue weighted by atomic mass is 16.6. The lowest BCUT2D eigenvalue weighted by Crippen LogP contribution is -2.35. The second-order valence-electron chi connectivity index (χ2n) is 10.7. The van der Waals surface area contributed by atoms with Gasteiger partial charge >= 0.3 is 0 Å². The van der Waals surface area contributed by atoms with Crippen LogP contribution in [0.5, 0.6) is 0 Å². The summed E-state index contributed by atoms with van der Waals surface area (Å²) in [7, 11) is 0. The lowest BCUT2D eigenvalue weighted by molar-refractivity contribution is -0.384. The summed E-state index contributed by atoms with van der Waals surface area (Å²) in [6.07, 6.45) is 1.53. The SMILES string of the molecule is N#Cc1ccc(C(=O)N2CCCN(c3ccc(C(=O)N4CCCNCC4)cc3NC(=O)c3ccc([N+](=O)[O-])cc3)CC2)cc1. The average Bonchev–Trinajstić information content (AvgIpc) is 3.48. The summed E-state index contributed by atoms with van der Waals surface area (Å²) < 4.78 is 0. The smallest absolute Gasteiger partial charge is 0.269 e. The molecule has 3 aromatic rings. The minimum Gasteiger partial charge on any atom is -0.368 e. The van der Waals surface area contributed by atoms with E-state index in [1.807, 2.05) is 6.07 Å². The molecular weight excluding hydrogens is 562 g/mol. The van der Waals surface area contributed by atoms with Crippen molar-refractivity contribution < 1.29 is 19.3 Å². The predicted octanol–water partition coefficient (Wildman–Crippen LogP) is 3.51. The van der Waals surface area contributed by atoms with E-state index in [2.05, 4.69) is 21.6 Å². The van der Waals surface area contributed by atoms with Gasteiger partial charge in [-0.15, -0.1) is 0 Å². The number of nitro benzene ring substituents is 1. The van der Waals surface area contributed by atoms with Gasteiger partial charge in [0.2, 0.25) is 0 Å². The lowest BCUT2D eigenvalue weighted by atomic mass is 10.1. The summed E-state index contributed by atoms with van der Waals surface area (Å²) in [4.78, 5) is 56.2. The van der Waals surface area contributed by atoms with Gasteiger partial charge in [-0.05, 0) is 74.0 Å². The predicted molar refractivity (Wildman–Crippen MR) is 165 cm³/mol. The summed E-state index contributed by atoms with van der Waals surface area (Å²) in [6, 6.07) is 19.2. The van der Waals surface area contributed by atoms with E-state index in [1.54, 1.807) is 46.2 Å². The summed E-state index contributed by atoms with van der Waals surface area (Å²) in [5.74, 6) is -0.700. The summed E-state index contributed by atoms with van der Waals surface area (Å²) in [5.41, 5.74) is 2.72. The van der Waals surface area contributed by atoms with Gasteiger partial charge in [0.05, 0.1) is 27.9 Å². The Balaban J connectivity index is 1.39. The third-order valence-electron chi connectivity index (χ3n) is 7.84. The van der Waals surface area contributed by atoms with E-state index in [-0.39, 0.29) is 23.1 Å². The maximum atomic E-state index is 13.4. The molecule has 2 aliphatic heterocycles. The highest BCUT2D eigenvalue weighted by Gasteiger charge is 2.25. The number of nitrogens with zero attached hydrogens (tertiary/aromatic N) is 5. The Hall–Kier alpha value is -5.28. The van der Waals surface area contributed by atoms with Gasteiger partial charge in [0.15, 0.2) is 0 Å². The van der Waals surface area contributed by atoms with Crippen molar-refractivity contribution in [1.82, 2.24) is 15.1 Å². The van der Waals surface area contributed by atoms with Crippen molar-refractivity contribution in [2.24, 2.45) is 0 Å². The zero-order chi connectivity index (χ0) is 31.1. The van der Waals surface area contributed by atoms with Crippen LogP contribution in [0.25, 0.3) is 0 Å². The highest BCUT2D eigenvalue weighted by Crippen LogP contribution is 2.30. The van der Waals surface area contributed by atoms with Crippen molar-refractivity contribution in [2.75, 3.05) is 62.6 Å². The van der Waals surface area contributed by atoms with Crippen molar-refractivity contribution in [3.05, 3.63) is 99.1 Å². The van der Waals surface area contributed by atoms with Crippen LogP contribution in [0, 0.1) is 21.4 Å². The van der Waals surface area contributed by atoms with Crippen LogP contribution in [0.4, 0.5) is 17.1 Å². The monoisotopic (exact) mass is 595 g/mol. The van der Waals surface area contributed by atoms with Crippen LogP contribution in [0.1, 0.15) is 49.5 Å². The van der Waals surface area contributed by atoms with Crippen LogP contribution in [0.3, 0.4) is 0 Å². The number of carbonyl (C=O) groups excluding carboxylic acids is 3. The molecule has 0 aliphatic carbocycles. The second-order valence-corrected chi connectivity index (χ2v) is 10.7. The number of benzene rings is 3. The molecule has 2 fully saturated rings. The van der Waals surface area contributed by atoms with Gasteiger partial charge < -0.3 is 25.3 Å². The van der Waals surface area contributed by atoms with E-state index in [1.165, 1.54) is 24.3 Å². The summed E-state index contributed by atoms with van der Waals surface area (Å²) in [6.45, 7) is 4.86. The Bertz CT molecular complexity index is 1580. The second kappa shape index (κ2) is 13.8. The Labute approximate surface area is 255 Å². The molecule has 2 heterocycles. The van der Waals surface area contributed by atoms with Crippen molar-refractivity contribution in [1.29, 1.82) is 5.26 Å². The summed E-state index contributed by atoms with van der Waals surface area (Å²) in [5, 5.41) is 26.4. The molecule has 0 atom stereocenters. The minimum absolute atomic E-state index is 0.115. The molecule has 2 aliphatic rings. The zero-order valence-electron chi connectivity index (χ0n) is 24.2. The van der Waals surface area contributed by atoms with Crippen molar-refractivity contribution in [3.63, 3.8) is 0 Å². The zero-order valence-corrected chi connectivity index (χ0v) is 24.2. The summed E-state index contributed by atoms with van der Waals surface area (Å²) >= 11 is 0. The Kier molecular flexibility index (Phi) is 9.46. The van der Waals surface area contributed by atoms with Crippen LogP contribution < -0.4 is 15.5 Å². The molecule has 0 saturated carbocycles. The molecule has 12 heteroatoms. The number of rotatable bonds is 6. The first-order valence-electron chi connectivity index (χ1n) is 14.6. The van der Waals surface area contributed by atoms with E-state index in [4.69, 9.17) is 5.26 Å². The topological polar surface area (TPSA) is 152 Å². The van der Waals surface area contributed by atoms with Gasteiger partial charge in [-0.25, -0.2) is 0 Å². The minimum atomic E-state index is -0.526. The Morgan fingerprint density at radius 2 is 1.43 bits per heavy atom. The first-order chi connectivity index (χ1) is 21.3. The molecule has 2 saturated heterocycles. The first kappa shape index (κ1) is 30.2. The molecule has 0 bridgehead atoms. The van der Waals surface area contributed by atoms with E-state index in [0.29, 0.717) is 80.3 Å². The maximum absolute atomic E-state index is 13.4. The molecule has 12 nitrogen and oxygen atoms in total. The molecule has 226 valence electrons. The van der Waals surface area contributed by atoms with E-state index >= 15 is 0 Å². The Morgan fingerprint density at radius 3 is 2.16 bits per heavy atom. The molecule has 5 rings (SSSR count). The van der Waals surface area contributed by atoms with Gasteiger partial charge in [-0.2, -0.15) is 5.26 Å². The molecule has 2 N–H and O–H groups in total. The Morgan fingerprint density at radius 1 is 0.773 bits per heavy atom. The third kappa shape index (κ3) is 7.02. The average molecular weight is 596 g/mol. The number of hydrogen-bond donors (Lipinski definition) is 2. The quantitative estimate of drug-likeness (QED) is 0.325. The number of nitro groups is 1. The molecular formula is C32H33N7O5. The standard InChI is InChI=1S/C32H33N7O5/c33-22-23-3-5-25(6-4-23)31(41)38-17-2-16-36(19-20-38)29-12-9-26(32(42)37-15-1-13-34-14-18-37)21-28(29)35-30(40)24-7-10-27(11-8-24)39(43)44/h3-12,21,34H,1-2,13-20H2,(H,35,40). The number of amides is 3. The van der Waals surface area contributed by atoms with Crippen molar-refractivity contribution >= 4 is 34.8 Å². The normalized spacial score (nSPS) is 15.5. The van der Waals surface area contributed by atoms with Gasteiger partial charge in [0, 0.05) is 74.6 Å². The van der Waals surface area contributed by atoms with Crippen LogP contribution in [-0.4, -0.2) is 84.8 Å². The van der Waals surface area contributed by atoms with E-state index < -0.39 is 10.8 Å². The number of nitriles is 1. The van der Waals surface area contributed by atoms with Gasteiger partial charge in [-0.1, -0.05) is 0 Å². The van der Waals surface area contributed by atoms with E-state index in [0.717, 1.165) is 13.0 Å². The van der Waals surface area contributed by atoms with Crippen molar-refractivity contribution in [3.8, 4) is 6.07 Å². The van der Waals surface area contributed by atoms with E-state index in [9.17, 15) is 24.5 Å². The third-order valence-corrected chi connectivity index (χ3v) is 7.84. The molecule has 0 spiro atoms. The van der Waals surface area contributed by atoms with Crippen molar-refractivity contribution in [2.45, 2.75) is 12.8 Å². The van der Waals surface area contributed by atoms with Gasteiger partial charge in [0.1, 0.15) is 0 Å². The number of nitrogens with one attached hydrogen (secondary N) is 2. The van der Waals surface area contributed by atoms with Gasteiger partial charge in [0.25, 0.3) is 23.4 Å². The van der Waals surface area contributed by atoms with Crippen LogP contribution >= 0.6 is 0 Å². The highest BCUT2D eigenvalue weighted by molar-refractivity contribution is 6.07. The van der Waals surface area contributed by atoms with Gasteiger partial charge in [-0.3, -0.25) is 24.5 Å². The fourth-order valence-corrected chi connectivity index (χ4v) is 5.44. The molecule has 3 aromatic carbocycles. The molecule has 44 heavy (non-hydrogen) atoms. The number of anilines is 2.